The number of aromatic nitrogens is 4. The second kappa shape index (κ2) is 5.73. The van der Waals surface area contributed by atoms with Crippen molar-refractivity contribution < 1.29 is 4.39 Å². The third kappa shape index (κ3) is 2.76. The zero-order valence-corrected chi connectivity index (χ0v) is 12.7. The van der Waals surface area contributed by atoms with Crippen LogP contribution in [-0.4, -0.2) is 19.7 Å². The summed E-state index contributed by atoms with van der Waals surface area (Å²) in [5, 5.41) is 5.10. The van der Waals surface area contributed by atoms with Gasteiger partial charge in [0.1, 0.15) is 22.0 Å². The topological polar surface area (TPSA) is 43.6 Å². The van der Waals surface area contributed by atoms with E-state index >= 15 is 0 Å². The van der Waals surface area contributed by atoms with Crippen molar-refractivity contribution in [3.05, 3.63) is 71.5 Å². The molecular formula is C17H11FN4S. The third-order valence-corrected chi connectivity index (χ3v) is 4.33. The fourth-order valence-electron chi connectivity index (χ4n) is 2.23. The molecule has 0 aliphatic heterocycles. The highest BCUT2D eigenvalue weighted by molar-refractivity contribution is 7.19. The van der Waals surface area contributed by atoms with Crippen LogP contribution < -0.4 is 0 Å². The number of fused-ring (bicyclic) bond motifs is 1. The third-order valence-electron chi connectivity index (χ3n) is 3.33. The van der Waals surface area contributed by atoms with Crippen molar-refractivity contribution in [2.75, 3.05) is 0 Å². The van der Waals surface area contributed by atoms with Crippen LogP contribution in [0.3, 0.4) is 0 Å². The van der Waals surface area contributed by atoms with Crippen LogP contribution in [0.5, 0.6) is 0 Å². The van der Waals surface area contributed by atoms with Gasteiger partial charge in [0.05, 0.1) is 17.1 Å². The van der Waals surface area contributed by atoms with Crippen LogP contribution in [0.25, 0.3) is 28.1 Å². The molecule has 3 aromatic heterocycles. The van der Waals surface area contributed by atoms with E-state index in [0.717, 1.165) is 20.8 Å². The summed E-state index contributed by atoms with van der Waals surface area (Å²) in [5.41, 5.74) is 2.20. The molecule has 112 valence electrons. The molecular weight excluding hydrogens is 311 g/mol. The predicted octanol–water partition coefficient (Wildman–Crippen LogP) is 4.19. The van der Waals surface area contributed by atoms with Crippen LogP contribution in [0.15, 0.2) is 55.1 Å². The van der Waals surface area contributed by atoms with Gasteiger partial charge in [0.2, 0.25) is 0 Å². The van der Waals surface area contributed by atoms with E-state index in [1.54, 1.807) is 54.3 Å². The number of hydrogen-bond acceptors (Lipinski definition) is 4. The molecule has 0 saturated carbocycles. The second-order valence-electron chi connectivity index (χ2n) is 4.90. The fourth-order valence-corrected chi connectivity index (χ4v) is 3.07. The van der Waals surface area contributed by atoms with E-state index in [-0.39, 0.29) is 5.82 Å². The number of para-hydroxylation sites is 1. The molecule has 3 heterocycles. The Morgan fingerprint density at radius 1 is 1.09 bits per heavy atom. The van der Waals surface area contributed by atoms with Crippen molar-refractivity contribution in [1.82, 2.24) is 19.7 Å². The minimum Gasteiger partial charge on any atom is -0.262 e. The maximum absolute atomic E-state index is 13.8. The van der Waals surface area contributed by atoms with Gasteiger partial charge in [-0.2, -0.15) is 5.10 Å². The number of benzene rings is 1. The van der Waals surface area contributed by atoms with E-state index in [1.807, 2.05) is 18.2 Å². The zero-order chi connectivity index (χ0) is 15.6. The number of pyridine rings is 1. The largest absolute Gasteiger partial charge is 0.262 e. The lowest BCUT2D eigenvalue weighted by Crippen LogP contribution is -1.96. The van der Waals surface area contributed by atoms with Gasteiger partial charge in [0, 0.05) is 18.0 Å². The molecule has 4 nitrogen and oxygen atoms in total. The molecule has 1 aromatic carbocycles. The van der Waals surface area contributed by atoms with E-state index in [0.29, 0.717) is 5.69 Å². The molecule has 0 spiro atoms. The van der Waals surface area contributed by atoms with Crippen molar-refractivity contribution in [3.8, 4) is 5.69 Å². The highest BCUT2D eigenvalue weighted by atomic mass is 32.1. The van der Waals surface area contributed by atoms with E-state index in [2.05, 4.69) is 15.1 Å². The van der Waals surface area contributed by atoms with Gasteiger partial charge in [-0.05, 0) is 30.4 Å². The van der Waals surface area contributed by atoms with Crippen LogP contribution in [-0.2, 0) is 0 Å². The molecule has 0 N–H and O–H groups in total. The Bertz CT molecular complexity index is 969. The molecule has 4 aromatic rings. The van der Waals surface area contributed by atoms with E-state index < -0.39 is 0 Å². The number of thiazole rings is 1. The Morgan fingerprint density at radius 2 is 2.00 bits per heavy atom. The molecule has 4 rings (SSSR count). The van der Waals surface area contributed by atoms with Crippen molar-refractivity contribution in [2.24, 2.45) is 0 Å². The SMILES string of the molecule is Fc1ccccc1-n1cc(/C=C/c2nc3cnccc3s2)cn1. The quantitative estimate of drug-likeness (QED) is 0.568. The normalized spacial score (nSPS) is 11.5. The van der Waals surface area contributed by atoms with Gasteiger partial charge in [-0.3, -0.25) is 4.98 Å². The van der Waals surface area contributed by atoms with Gasteiger partial charge in [-0.1, -0.05) is 12.1 Å². The highest BCUT2D eigenvalue weighted by Crippen LogP contribution is 2.22. The summed E-state index contributed by atoms with van der Waals surface area (Å²) < 4.78 is 16.4. The lowest BCUT2D eigenvalue weighted by atomic mass is 10.3. The first kappa shape index (κ1) is 13.8. The van der Waals surface area contributed by atoms with Crippen molar-refractivity contribution in [3.63, 3.8) is 0 Å². The molecule has 0 aliphatic rings. The standard InChI is InChI=1S/C17H11FN4S/c18-13-3-1-2-4-15(13)22-11-12(9-20-22)5-6-17-21-14-10-19-8-7-16(14)23-17/h1-11H/b6-5+. The Labute approximate surface area is 135 Å². The maximum Gasteiger partial charge on any atom is 0.148 e. The Hall–Kier alpha value is -2.86. The van der Waals surface area contributed by atoms with Crippen LogP contribution >= 0.6 is 11.3 Å². The Morgan fingerprint density at radius 3 is 2.87 bits per heavy atom. The summed E-state index contributed by atoms with van der Waals surface area (Å²) in [5.74, 6) is -0.301. The van der Waals surface area contributed by atoms with Crippen molar-refractivity contribution in [1.29, 1.82) is 0 Å². The fraction of sp³-hybridized carbons (Fsp3) is 0. The first-order chi connectivity index (χ1) is 11.3. The van der Waals surface area contributed by atoms with Crippen molar-refractivity contribution >= 4 is 33.7 Å². The summed E-state index contributed by atoms with van der Waals surface area (Å²) in [7, 11) is 0. The molecule has 0 aliphatic carbocycles. The second-order valence-corrected chi connectivity index (χ2v) is 5.96. The van der Waals surface area contributed by atoms with Gasteiger partial charge < -0.3 is 0 Å². The maximum atomic E-state index is 13.8. The highest BCUT2D eigenvalue weighted by Gasteiger charge is 2.05. The number of rotatable bonds is 3. The number of nitrogens with zero attached hydrogens (tertiary/aromatic N) is 4. The summed E-state index contributed by atoms with van der Waals surface area (Å²) in [6, 6.07) is 8.49. The zero-order valence-electron chi connectivity index (χ0n) is 11.9. The average Bonchev–Trinajstić information content (AvgIpc) is 3.19. The molecule has 0 amide bonds. The first-order valence-corrected chi connectivity index (χ1v) is 7.79. The van der Waals surface area contributed by atoms with Gasteiger partial charge in [0.15, 0.2) is 0 Å². The first-order valence-electron chi connectivity index (χ1n) is 6.98. The van der Waals surface area contributed by atoms with Crippen LogP contribution in [0.1, 0.15) is 10.6 Å². The van der Waals surface area contributed by atoms with Crippen LogP contribution in [0.4, 0.5) is 4.39 Å². The minimum absolute atomic E-state index is 0.301. The molecule has 0 saturated heterocycles. The molecule has 0 atom stereocenters. The van der Waals surface area contributed by atoms with Crippen LogP contribution in [0.2, 0.25) is 0 Å². The minimum atomic E-state index is -0.301. The lowest BCUT2D eigenvalue weighted by molar-refractivity contribution is 0.611. The molecule has 6 heteroatoms. The van der Waals surface area contributed by atoms with Gasteiger partial charge >= 0.3 is 0 Å². The number of halogens is 1. The molecule has 0 unspecified atom stereocenters. The summed E-state index contributed by atoms with van der Waals surface area (Å²) in [6.07, 6.45) is 10.8. The molecule has 0 radical (unpaired) electrons. The Kier molecular flexibility index (Phi) is 3.44. The molecule has 0 fully saturated rings. The summed E-state index contributed by atoms with van der Waals surface area (Å²) in [4.78, 5) is 8.55. The van der Waals surface area contributed by atoms with Gasteiger partial charge in [-0.25, -0.2) is 14.1 Å². The smallest absolute Gasteiger partial charge is 0.148 e. The average molecular weight is 322 g/mol. The van der Waals surface area contributed by atoms with E-state index in [9.17, 15) is 4.39 Å². The Balaban J connectivity index is 1.61. The lowest BCUT2D eigenvalue weighted by Gasteiger charge is -2.01. The van der Waals surface area contributed by atoms with E-state index in [1.165, 1.54) is 10.7 Å². The van der Waals surface area contributed by atoms with Gasteiger partial charge in [0.25, 0.3) is 0 Å². The summed E-state index contributed by atoms with van der Waals surface area (Å²) in [6.45, 7) is 0. The van der Waals surface area contributed by atoms with Crippen molar-refractivity contribution in [2.45, 2.75) is 0 Å². The molecule has 0 bridgehead atoms. The van der Waals surface area contributed by atoms with E-state index in [4.69, 9.17) is 0 Å². The van der Waals surface area contributed by atoms with Crippen LogP contribution in [0, 0.1) is 5.82 Å². The summed E-state index contributed by atoms with van der Waals surface area (Å²) >= 11 is 1.60. The van der Waals surface area contributed by atoms with Gasteiger partial charge in [-0.15, -0.1) is 11.3 Å². The monoisotopic (exact) mass is 322 g/mol. The molecule has 23 heavy (non-hydrogen) atoms. The predicted molar refractivity (Wildman–Crippen MR) is 89.9 cm³/mol. The number of hydrogen-bond donors (Lipinski definition) is 0.